The number of hydrogen-bond acceptors (Lipinski definition) is 3. The van der Waals surface area contributed by atoms with Crippen molar-refractivity contribution in [2.75, 3.05) is 32.8 Å². The fourth-order valence-corrected chi connectivity index (χ4v) is 2.33. The molecule has 0 spiro atoms. The average Bonchev–Trinajstić information content (AvgIpc) is 2.29. The lowest BCUT2D eigenvalue weighted by molar-refractivity contribution is -0.140. The first kappa shape index (κ1) is 13.7. The smallest absolute Gasteiger partial charge is 0.228 e. The molecule has 0 radical (unpaired) electrons. The number of carbonyl (C=O) groups excluding carboxylic acids is 1. The van der Waals surface area contributed by atoms with Crippen molar-refractivity contribution >= 4 is 18.3 Å². The van der Waals surface area contributed by atoms with Crippen LogP contribution in [-0.4, -0.2) is 49.7 Å². The topological polar surface area (TPSA) is 41.6 Å². The standard InChI is InChI=1S/C11H20N2O2.ClH/c1-9-7-13(5-4-12-9)11(14)10-3-2-6-15-8-10;/h9-10,12H,2-8H2,1H3;1H. The van der Waals surface area contributed by atoms with Crippen LogP contribution in [0, 0.1) is 5.92 Å². The summed E-state index contributed by atoms with van der Waals surface area (Å²) in [5, 5.41) is 3.34. The van der Waals surface area contributed by atoms with Crippen molar-refractivity contribution in [1.82, 2.24) is 10.2 Å². The number of piperazine rings is 1. The van der Waals surface area contributed by atoms with Gasteiger partial charge in [-0.2, -0.15) is 0 Å². The van der Waals surface area contributed by atoms with Crippen LogP contribution in [0.4, 0.5) is 0 Å². The van der Waals surface area contributed by atoms with Crippen molar-refractivity contribution in [3.8, 4) is 0 Å². The summed E-state index contributed by atoms with van der Waals surface area (Å²) in [4.78, 5) is 14.1. The molecule has 2 aliphatic rings. The molecule has 2 unspecified atom stereocenters. The van der Waals surface area contributed by atoms with E-state index in [9.17, 15) is 4.79 Å². The quantitative estimate of drug-likeness (QED) is 0.741. The summed E-state index contributed by atoms with van der Waals surface area (Å²) in [7, 11) is 0. The van der Waals surface area contributed by atoms with Crippen LogP contribution in [0.25, 0.3) is 0 Å². The monoisotopic (exact) mass is 248 g/mol. The molecule has 2 aliphatic heterocycles. The van der Waals surface area contributed by atoms with Gasteiger partial charge >= 0.3 is 0 Å². The van der Waals surface area contributed by atoms with Crippen LogP contribution in [0.15, 0.2) is 0 Å². The van der Waals surface area contributed by atoms with Crippen molar-refractivity contribution in [1.29, 1.82) is 0 Å². The van der Waals surface area contributed by atoms with Crippen molar-refractivity contribution in [2.24, 2.45) is 5.92 Å². The molecule has 0 aromatic carbocycles. The number of ether oxygens (including phenoxy) is 1. The molecule has 0 bridgehead atoms. The van der Waals surface area contributed by atoms with E-state index in [1.165, 1.54) is 0 Å². The first-order chi connectivity index (χ1) is 7.27. The highest BCUT2D eigenvalue weighted by atomic mass is 35.5. The average molecular weight is 249 g/mol. The van der Waals surface area contributed by atoms with E-state index >= 15 is 0 Å². The van der Waals surface area contributed by atoms with E-state index in [0.29, 0.717) is 18.6 Å². The summed E-state index contributed by atoms with van der Waals surface area (Å²) in [5.41, 5.74) is 0. The Morgan fingerprint density at radius 2 is 2.31 bits per heavy atom. The number of carbonyl (C=O) groups is 1. The van der Waals surface area contributed by atoms with E-state index in [2.05, 4.69) is 12.2 Å². The van der Waals surface area contributed by atoms with Crippen molar-refractivity contribution in [2.45, 2.75) is 25.8 Å². The first-order valence-corrected chi connectivity index (χ1v) is 5.87. The molecule has 0 aromatic rings. The van der Waals surface area contributed by atoms with Crippen LogP contribution in [-0.2, 0) is 9.53 Å². The number of rotatable bonds is 1. The van der Waals surface area contributed by atoms with E-state index in [-0.39, 0.29) is 18.3 Å². The normalized spacial score (nSPS) is 30.7. The number of hydrogen-bond donors (Lipinski definition) is 1. The third kappa shape index (κ3) is 3.34. The molecule has 2 saturated heterocycles. The second kappa shape index (κ2) is 6.42. The van der Waals surface area contributed by atoms with Gasteiger partial charge in [0.1, 0.15) is 0 Å². The Bertz CT molecular complexity index is 232. The molecular formula is C11H21ClN2O2. The van der Waals surface area contributed by atoms with Gasteiger partial charge in [0.15, 0.2) is 0 Å². The maximum Gasteiger partial charge on any atom is 0.228 e. The van der Waals surface area contributed by atoms with Gasteiger partial charge in [-0.3, -0.25) is 4.79 Å². The van der Waals surface area contributed by atoms with Gasteiger partial charge in [-0.15, -0.1) is 12.4 Å². The largest absolute Gasteiger partial charge is 0.381 e. The van der Waals surface area contributed by atoms with Gasteiger partial charge in [0.25, 0.3) is 0 Å². The number of halogens is 1. The third-order valence-electron chi connectivity index (χ3n) is 3.19. The predicted molar refractivity (Wildman–Crippen MR) is 64.8 cm³/mol. The van der Waals surface area contributed by atoms with Gasteiger partial charge < -0.3 is 15.0 Å². The van der Waals surface area contributed by atoms with Gasteiger partial charge in [0.2, 0.25) is 5.91 Å². The van der Waals surface area contributed by atoms with Gasteiger partial charge in [-0.05, 0) is 19.8 Å². The molecule has 5 heteroatoms. The minimum absolute atomic E-state index is 0. The SMILES string of the molecule is CC1CN(C(=O)C2CCCOC2)CCN1.Cl. The molecule has 1 amide bonds. The first-order valence-electron chi connectivity index (χ1n) is 5.87. The predicted octanol–water partition coefficient (Wildman–Crippen LogP) is 0.655. The maximum absolute atomic E-state index is 12.1. The fourth-order valence-electron chi connectivity index (χ4n) is 2.33. The molecule has 1 N–H and O–H groups in total. The molecule has 0 aliphatic carbocycles. The van der Waals surface area contributed by atoms with E-state index in [1.807, 2.05) is 4.90 Å². The molecule has 94 valence electrons. The summed E-state index contributed by atoms with van der Waals surface area (Å²) in [6, 6.07) is 0.423. The molecule has 2 rings (SSSR count). The molecule has 0 saturated carbocycles. The lowest BCUT2D eigenvalue weighted by Gasteiger charge is -2.35. The van der Waals surface area contributed by atoms with Gasteiger partial charge in [-0.1, -0.05) is 0 Å². The fraction of sp³-hybridized carbons (Fsp3) is 0.909. The summed E-state index contributed by atoms with van der Waals surface area (Å²) in [5.74, 6) is 0.409. The van der Waals surface area contributed by atoms with E-state index in [0.717, 1.165) is 39.1 Å². The zero-order valence-electron chi connectivity index (χ0n) is 9.78. The maximum atomic E-state index is 12.1. The number of amides is 1. The molecular weight excluding hydrogens is 228 g/mol. The van der Waals surface area contributed by atoms with E-state index in [4.69, 9.17) is 4.74 Å². The Kier molecular flexibility index (Phi) is 5.52. The van der Waals surface area contributed by atoms with Crippen molar-refractivity contribution in [3.63, 3.8) is 0 Å². The minimum atomic E-state index is 0. The molecule has 2 heterocycles. The summed E-state index contributed by atoms with van der Waals surface area (Å²) in [6.45, 7) is 6.17. The third-order valence-corrected chi connectivity index (χ3v) is 3.19. The molecule has 16 heavy (non-hydrogen) atoms. The second-order valence-corrected chi connectivity index (χ2v) is 4.55. The zero-order valence-corrected chi connectivity index (χ0v) is 10.6. The summed E-state index contributed by atoms with van der Waals surface area (Å²) >= 11 is 0. The van der Waals surface area contributed by atoms with Crippen molar-refractivity contribution in [3.05, 3.63) is 0 Å². The van der Waals surface area contributed by atoms with Gasteiger partial charge in [-0.25, -0.2) is 0 Å². The highest BCUT2D eigenvalue weighted by Gasteiger charge is 2.28. The van der Waals surface area contributed by atoms with Crippen LogP contribution < -0.4 is 5.32 Å². The Balaban J connectivity index is 0.00000128. The van der Waals surface area contributed by atoms with Gasteiger partial charge in [0, 0.05) is 32.3 Å². The van der Waals surface area contributed by atoms with Crippen LogP contribution in [0.1, 0.15) is 19.8 Å². The van der Waals surface area contributed by atoms with Crippen molar-refractivity contribution < 1.29 is 9.53 Å². The van der Waals surface area contributed by atoms with Crippen LogP contribution in [0.5, 0.6) is 0 Å². The van der Waals surface area contributed by atoms with Crippen LogP contribution in [0.2, 0.25) is 0 Å². The van der Waals surface area contributed by atoms with E-state index < -0.39 is 0 Å². The Labute approximate surface area is 103 Å². The zero-order chi connectivity index (χ0) is 10.7. The van der Waals surface area contributed by atoms with Gasteiger partial charge in [0.05, 0.1) is 12.5 Å². The molecule has 2 atom stereocenters. The Morgan fingerprint density at radius 3 is 2.94 bits per heavy atom. The van der Waals surface area contributed by atoms with E-state index in [1.54, 1.807) is 0 Å². The highest BCUT2D eigenvalue weighted by molar-refractivity contribution is 5.85. The van der Waals surface area contributed by atoms with Crippen LogP contribution in [0.3, 0.4) is 0 Å². The lowest BCUT2D eigenvalue weighted by Crippen LogP contribution is -2.53. The molecule has 4 nitrogen and oxygen atoms in total. The number of nitrogens with one attached hydrogen (secondary N) is 1. The molecule has 0 aromatic heterocycles. The summed E-state index contributed by atoms with van der Waals surface area (Å²) < 4.78 is 5.36. The Morgan fingerprint density at radius 1 is 1.50 bits per heavy atom. The highest BCUT2D eigenvalue weighted by Crippen LogP contribution is 2.17. The number of nitrogens with zero attached hydrogens (tertiary/aromatic N) is 1. The lowest BCUT2D eigenvalue weighted by atomic mass is 10.00. The minimum Gasteiger partial charge on any atom is -0.381 e. The second-order valence-electron chi connectivity index (χ2n) is 4.55. The summed E-state index contributed by atoms with van der Waals surface area (Å²) in [6.07, 6.45) is 2.02. The molecule has 2 fully saturated rings. The Hall–Kier alpha value is -0.320. The van der Waals surface area contributed by atoms with Crippen LogP contribution >= 0.6 is 12.4 Å².